The topological polar surface area (TPSA) is 80.9 Å². The molecule has 0 aliphatic heterocycles. The fourth-order valence-electron chi connectivity index (χ4n) is 8.77. The van der Waals surface area contributed by atoms with E-state index < -0.39 is 29.3 Å². The molecule has 0 spiro atoms. The molecule has 4 aliphatic carbocycles. The molecule has 4 saturated carbocycles. The van der Waals surface area contributed by atoms with Crippen molar-refractivity contribution in [1.82, 2.24) is 0 Å². The van der Waals surface area contributed by atoms with Crippen LogP contribution in [-0.2, 0) is 0 Å². The Labute approximate surface area is 182 Å². The van der Waals surface area contributed by atoms with Gasteiger partial charge < -0.3 is 20.4 Å². The van der Waals surface area contributed by atoms with Gasteiger partial charge in [-0.1, -0.05) is 46.8 Å². The standard InChI is InChI=1S/C26H44O4/c1-15(2)6-7-16(3)19-8-9-20-18-13-23(29)26(30)14-17(27)12-22(28)25(26,5)21(18)10-11-24(19,20)4/h6-7,15-23,27-30H,8-14H2,1-5H3/t16-,17+,18+,19-,20+,21+,22-,23-,24-,25+,26+/m1/s1. The zero-order chi connectivity index (χ0) is 22.1. The van der Waals surface area contributed by atoms with Crippen molar-refractivity contribution < 1.29 is 20.4 Å². The Morgan fingerprint density at radius 1 is 0.867 bits per heavy atom. The molecule has 0 heterocycles. The van der Waals surface area contributed by atoms with Crippen molar-refractivity contribution in [3.8, 4) is 0 Å². The van der Waals surface area contributed by atoms with Gasteiger partial charge in [0, 0.05) is 11.8 Å². The quantitative estimate of drug-likeness (QED) is 0.522. The average molecular weight is 421 g/mol. The molecule has 172 valence electrons. The summed E-state index contributed by atoms with van der Waals surface area (Å²) in [7, 11) is 0. The minimum atomic E-state index is -1.40. The number of allylic oxidation sites excluding steroid dienone is 2. The lowest BCUT2D eigenvalue weighted by atomic mass is 9.41. The first-order chi connectivity index (χ1) is 13.9. The second kappa shape index (κ2) is 7.57. The lowest BCUT2D eigenvalue weighted by Crippen LogP contribution is -2.72. The van der Waals surface area contributed by atoms with Crippen LogP contribution in [0.25, 0.3) is 0 Å². The molecule has 4 fully saturated rings. The molecule has 4 nitrogen and oxygen atoms in total. The third-order valence-corrected chi connectivity index (χ3v) is 10.4. The van der Waals surface area contributed by atoms with E-state index in [1.807, 2.05) is 6.92 Å². The highest BCUT2D eigenvalue weighted by atomic mass is 16.4. The molecule has 0 radical (unpaired) electrons. The van der Waals surface area contributed by atoms with E-state index in [4.69, 9.17) is 0 Å². The Morgan fingerprint density at radius 3 is 2.23 bits per heavy atom. The van der Waals surface area contributed by atoms with Gasteiger partial charge in [-0.05, 0) is 79.4 Å². The molecule has 4 N–H and O–H groups in total. The van der Waals surface area contributed by atoms with Crippen LogP contribution in [0.2, 0.25) is 0 Å². The molecule has 0 amide bonds. The lowest BCUT2D eigenvalue weighted by molar-refractivity contribution is -0.294. The van der Waals surface area contributed by atoms with Gasteiger partial charge in [-0.2, -0.15) is 0 Å². The Balaban J connectivity index is 1.64. The maximum absolute atomic E-state index is 11.6. The van der Waals surface area contributed by atoms with Crippen molar-refractivity contribution in [3.05, 3.63) is 12.2 Å². The molecule has 0 aromatic heterocycles. The zero-order valence-electron chi connectivity index (χ0n) is 19.6. The highest BCUT2D eigenvalue weighted by Crippen LogP contribution is 2.69. The Bertz CT molecular complexity index is 676. The fourth-order valence-corrected chi connectivity index (χ4v) is 8.77. The van der Waals surface area contributed by atoms with Crippen LogP contribution < -0.4 is 0 Å². The van der Waals surface area contributed by atoms with Crippen LogP contribution in [0.4, 0.5) is 0 Å². The fraction of sp³-hybridized carbons (Fsp3) is 0.923. The molecular weight excluding hydrogens is 376 g/mol. The van der Waals surface area contributed by atoms with Gasteiger partial charge in [0.05, 0.1) is 18.3 Å². The van der Waals surface area contributed by atoms with Crippen LogP contribution in [0.1, 0.15) is 79.6 Å². The molecule has 30 heavy (non-hydrogen) atoms. The zero-order valence-corrected chi connectivity index (χ0v) is 19.6. The summed E-state index contributed by atoms with van der Waals surface area (Å²) in [5, 5.41) is 44.1. The Hall–Kier alpha value is -0.420. The summed E-state index contributed by atoms with van der Waals surface area (Å²) in [5.41, 5.74) is -1.89. The molecule has 4 aliphatic rings. The predicted octanol–water partition coefficient (Wildman–Crippen LogP) is 3.91. The highest BCUT2D eigenvalue weighted by molar-refractivity contribution is 5.19. The molecular formula is C26H44O4. The SMILES string of the molecule is CC(C)C=C[C@@H](C)[C@H]1CC[C@H]2[C@@H]3C[C@@H](O)[C@@]4(O)C[C@@H](O)C[C@@H](O)[C@]4(C)[C@H]3CC[C@]12C. The molecule has 4 rings (SSSR count). The van der Waals surface area contributed by atoms with E-state index in [2.05, 4.69) is 39.8 Å². The van der Waals surface area contributed by atoms with Gasteiger partial charge in [0.15, 0.2) is 0 Å². The second-order valence-corrected chi connectivity index (χ2v) is 12.2. The number of hydrogen-bond acceptors (Lipinski definition) is 4. The van der Waals surface area contributed by atoms with E-state index in [-0.39, 0.29) is 17.8 Å². The van der Waals surface area contributed by atoms with Crippen LogP contribution in [0.3, 0.4) is 0 Å². The smallest absolute Gasteiger partial charge is 0.101 e. The molecule has 0 aromatic rings. The average Bonchev–Trinajstić information content (AvgIpc) is 3.01. The molecule has 0 aromatic carbocycles. The summed E-state index contributed by atoms with van der Waals surface area (Å²) in [6.07, 6.45) is 7.95. The summed E-state index contributed by atoms with van der Waals surface area (Å²) in [6, 6.07) is 0. The minimum Gasteiger partial charge on any atom is -0.393 e. The van der Waals surface area contributed by atoms with Gasteiger partial charge in [0.2, 0.25) is 0 Å². The Kier molecular flexibility index (Phi) is 5.75. The van der Waals surface area contributed by atoms with Gasteiger partial charge >= 0.3 is 0 Å². The summed E-state index contributed by atoms with van der Waals surface area (Å²) < 4.78 is 0. The number of rotatable bonds is 3. The lowest BCUT2D eigenvalue weighted by Gasteiger charge is -2.66. The molecule has 0 saturated heterocycles. The normalized spacial score (nSPS) is 54.7. The third kappa shape index (κ3) is 3.08. The summed E-state index contributed by atoms with van der Waals surface area (Å²) in [6.45, 7) is 11.3. The maximum Gasteiger partial charge on any atom is 0.101 e. The third-order valence-electron chi connectivity index (χ3n) is 10.4. The largest absolute Gasteiger partial charge is 0.393 e. The van der Waals surface area contributed by atoms with E-state index in [1.54, 1.807) is 0 Å². The van der Waals surface area contributed by atoms with Crippen molar-refractivity contribution in [2.24, 2.45) is 46.3 Å². The number of aliphatic hydroxyl groups is 4. The van der Waals surface area contributed by atoms with Gasteiger partial charge in [-0.3, -0.25) is 0 Å². The van der Waals surface area contributed by atoms with Gasteiger partial charge in [0.1, 0.15) is 5.60 Å². The van der Waals surface area contributed by atoms with E-state index in [0.29, 0.717) is 42.4 Å². The van der Waals surface area contributed by atoms with Crippen LogP contribution in [0.5, 0.6) is 0 Å². The number of fused-ring (bicyclic) bond motifs is 5. The summed E-state index contributed by atoms with van der Waals surface area (Å²) >= 11 is 0. The van der Waals surface area contributed by atoms with Crippen LogP contribution in [0.15, 0.2) is 12.2 Å². The van der Waals surface area contributed by atoms with Crippen molar-refractivity contribution >= 4 is 0 Å². The monoisotopic (exact) mass is 420 g/mol. The van der Waals surface area contributed by atoms with Crippen LogP contribution >= 0.6 is 0 Å². The molecule has 11 atom stereocenters. The first kappa shape index (κ1) is 22.8. The van der Waals surface area contributed by atoms with Gasteiger partial charge in [-0.25, -0.2) is 0 Å². The van der Waals surface area contributed by atoms with E-state index in [1.165, 1.54) is 12.8 Å². The second-order valence-electron chi connectivity index (χ2n) is 12.2. The van der Waals surface area contributed by atoms with Crippen LogP contribution in [0, 0.1) is 46.3 Å². The first-order valence-electron chi connectivity index (χ1n) is 12.4. The summed E-state index contributed by atoms with van der Waals surface area (Å²) in [5.74, 6) is 2.85. The van der Waals surface area contributed by atoms with Crippen molar-refractivity contribution in [1.29, 1.82) is 0 Å². The van der Waals surface area contributed by atoms with Crippen LogP contribution in [-0.4, -0.2) is 44.3 Å². The Morgan fingerprint density at radius 2 is 1.57 bits per heavy atom. The molecule has 0 bridgehead atoms. The van der Waals surface area contributed by atoms with Crippen molar-refractivity contribution in [2.75, 3.05) is 0 Å². The van der Waals surface area contributed by atoms with E-state index in [9.17, 15) is 20.4 Å². The van der Waals surface area contributed by atoms with E-state index >= 15 is 0 Å². The molecule has 4 heteroatoms. The minimum absolute atomic E-state index is 0.173. The number of aliphatic hydroxyl groups excluding tert-OH is 3. The highest BCUT2D eigenvalue weighted by Gasteiger charge is 2.70. The first-order valence-corrected chi connectivity index (χ1v) is 12.4. The number of hydrogen-bond donors (Lipinski definition) is 4. The van der Waals surface area contributed by atoms with Crippen molar-refractivity contribution in [2.45, 2.75) is 103 Å². The van der Waals surface area contributed by atoms with Crippen molar-refractivity contribution in [3.63, 3.8) is 0 Å². The maximum atomic E-state index is 11.6. The van der Waals surface area contributed by atoms with E-state index in [0.717, 1.165) is 12.8 Å². The summed E-state index contributed by atoms with van der Waals surface area (Å²) in [4.78, 5) is 0. The predicted molar refractivity (Wildman–Crippen MR) is 119 cm³/mol. The van der Waals surface area contributed by atoms with Gasteiger partial charge in [0.25, 0.3) is 0 Å². The molecule has 0 unspecified atom stereocenters. The van der Waals surface area contributed by atoms with Gasteiger partial charge in [-0.15, -0.1) is 0 Å².